The van der Waals surface area contributed by atoms with E-state index in [1.165, 1.54) is 25.7 Å². The fraction of sp³-hybridized carbons (Fsp3) is 0.933. The van der Waals surface area contributed by atoms with Gasteiger partial charge in [-0.1, -0.05) is 20.8 Å². The Morgan fingerprint density at radius 3 is 2.17 bits per heavy atom. The molecule has 0 radical (unpaired) electrons. The summed E-state index contributed by atoms with van der Waals surface area (Å²) in [6.07, 6.45) is 5.88. The minimum absolute atomic E-state index is 0.200. The third-order valence-corrected chi connectivity index (χ3v) is 4.63. The molecule has 0 aromatic rings. The van der Waals surface area contributed by atoms with E-state index in [4.69, 9.17) is 5.11 Å². The van der Waals surface area contributed by atoms with Crippen molar-refractivity contribution >= 4 is 5.97 Å². The van der Waals surface area contributed by atoms with Gasteiger partial charge in [-0.3, -0.25) is 9.69 Å². The van der Waals surface area contributed by atoms with Crippen molar-refractivity contribution in [3.63, 3.8) is 0 Å². The van der Waals surface area contributed by atoms with Gasteiger partial charge in [0, 0.05) is 12.1 Å². The van der Waals surface area contributed by atoms with E-state index in [0.29, 0.717) is 12.1 Å². The predicted molar refractivity (Wildman–Crippen MR) is 74.7 cm³/mol. The highest BCUT2D eigenvalue weighted by atomic mass is 16.4. The Hall–Kier alpha value is -0.570. The van der Waals surface area contributed by atoms with Crippen molar-refractivity contribution < 1.29 is 9.90 Å². The van der Waals surface area contributed by atoms with Crippen LogP contribution in [0.2, 0.25) is 0 Å². The normalized spacial score (nSPS) is 26.6. The van der Waals surface area contributed by atoms with Gasteiger partial charge < -0.3 is 5.11 Å². The maximum atomic E-state index is 11.0. The van der Waals surface area contributed by atoms with Crippen LogP contribution < -0.4 is 0 Å². The van der Waals surface area contributed by atoms with E-state index in [-0.39, 0.29) is 6.54 Å². The number of rotatable bonds is 6. The van der Waals surface area contributed by atoms with E-state index in [9.17, 15) is 4.79 Å². The van der Waals surface area contributed by atoms with Crippen LogP contribution in [0, 0.1) is 11.8 Å². The maximum absolute atomic E-state index is 11.0. The summed E-state index contributed by atoms with van der Waals surface area (Å²) in [4.78, 5) is 13.2. The number of carbonyl (C=O) groups is 1. The molecule has 0 heterocycles. The summed E-state index contributed by atoms with van der Waals surface area (Å²) in [6.45, 7) is 9.09. The van der Waals surface area contributed by atoms with Crippen molar-refractivity contribution in [1.82, 2.24) is 4.90 Å². The third-order valence-electron chi connectivity index (χ3n) is 4.63. The highest BCUT2D eigenvalue weighted by Crippen LogP contribution is 2.33. The molecule has 0 aliphatic heterocycles. The molecule has 3 heteroatoms. The molecular formula is C15H29NO2. The Morgan fingerprint density at radius 2 is 1.78 bits per heavy atom. The van der Waals surface area contributed by atoms with Crippen molar-refractivity contribution in [2.45, 2.75) is 71.9 Å². The van der Waals surface area contributed by atoms with E-state index in [1.54, 1.807) is 0 Å². The number of carboxylic acid groups (broad SMARTS) is 1. The monoisotopic (exact) mass is 255 g/mol. The Labute approximate surface area is 112 Å². The number of nitrogens with zero attached hydrogens (tertiary/aromatic N) is 1. The summed E-state index contributed by atoms with van der Waals surface area (Å²) in [5.74, 6) is 0.911. The Kier molecular flexibility index (Phi) is 6.13. The summed E-state index contributed by atoms with van der Waals surface area (Å²) in [6, 6.07) is 0.854. The summed E-state index contributed by atoms with van der Waals surface area (Å²) in [7, 11) is 0. The second-order valence-electron chi connectivity index (χ2n) is 6.14. The van der Waals surface area contributed by atoms with Gasteiger partial charge in [0.05, 0.1) is 6.54 Å². The van der Waals surface area contributed by atoms with Gasteiger partial charge in [0.25, 0.3) is 0 Å². The van der Waals surface area contributed by atoms with Crippen molar-refractivity contribution in [2.24, 2.45) is 11.8 Å². The van der Waals surface area contributed by atoms with Crippen LogP contribution in [0.1, 0.15) is 59.8 Å². The molecule has 1 aliphatic rings. The number of hydrogen-bond acceptors (Lipinski definition) is 2. The van der Waals surface area contributed by atoms with E-state index < -0.39 is 5.97 Å². The molecule has 0 aromatic carbocycles. The molecule has 1 saturated carbocycles. The lowest BCUT2D eigenvalue weighted by Crippen LogP contribution is -2.46. The lowest BCUT2D eigenvalue weighted by molar-refractivity contribution is -0.140. The van der Waals surface area contributed by atoms with Gasteiger partial charge >= 0.3 is 5.97 Å². The lowest BCUT2D eigenvalue weighted by Gasteiger charge is -2.40. The molecular weight excluding hydrogens is 226 g/mol. The summed E-state index contributed by atoms with van der Waals surface area (Å²) in [5.41, 5.74) is 0. The minimum Gasteiger partial charge on any atom is -0.480 e. The zero-order chi connectivity index (χ0) is 13.7. The van der Waals surface area contributed by atoms with Gasteiger partial charge in [0.2, 0.25) is 0 Å². The average Bonchev–Trinajstić information content (AvgIpc) is 2.35. The average molecular weight is 255 g/mol. The minimum atomic E-state index is -0.693. The van der Waals surface area contributed by atoms with Crippen LogP contribution >= 0.6 is 0 Å². The number of aliphatic carboxylic acids is 1. The SMILES string of the molecule is CCC(C)N(CC(=O)O)C1CCC(C(C)C)CC1. The van der Waals surface area contributed by atoms with Crippen molar-refractivity contribution in [1.29, 1.82) is 0 Å². The van der Waals surface area contributed by atoms with Crippen LogP contribution in [0.4, 0.5) is 0 Å². The summed E-state index contributed by atoms with van der Waals surface area (Å²) in [5, 5.41) is 9.06. The van der Waals surface area contributed by atoms with Crippen molar-refractivity contribution in [3.8, 4) is 0 Å². The fourth-order valence-corrected chi connectivity index (χ4v) is 3.14. The summed E-state index contributed by atoms with van der Waals surface area (Å²) < 4.78 is 0. The molecule has 1 atom stereocenters. The first kappa shape index (κ1) is 15.5. The van der Waals surface area contributed by atoms with E-state index in [0.717, 1.165) is 18.3 Å². The van der Waals surface area contributed by atoms with Crippen LogP contribution in [0.5, 0.6) is 0 Å². The quantitative estimate of drug-likeness (QED) is 0.791. The molecule has 106 valence electrons. The van der Waals surface area contributed by atoms with Crippen LogP contribution in [-0.2, 0) is 4.79 Å². The molecule has 1 aliphatic carbocycles. The van der Waals surface area contributed by atoms with Crippen molar-refractivity contribution in [2.75, 3.05) is 6.54 Å². The highest BCUT2D eigenvalue weighted by Gasteiger charge is 2.30. The third kappa shape index (κ3) is 4.27. The first-order chi connectivity index (χ1) is 8.45. The van der Waals surface area contributed by atoms with E-state index in [2.05, 4.69) is 32.6 Å². The van der Waals surface area contributed by atoms with Gasteiger partial charge in [-0.2, -0.15) is 0 Å². The largest absolute Gasteiger partial charge is 0.480 e. The van der Waals surface area contributed by atoms with Crippen LogP contribution in [-0.4, -0.2) is 34.6 Å². The van der Waals surface area contributed by atoms with Gasteiger partial charge in [-0.05, 0) is 50.9 Å². The highest BCUT2D eigenvalue weighted by molar-refractivity contribution is 5.69. The van der Waals surface area contributed by atoms with Gasteiger partial charge in [-0.15, -0.1) is 0 Å². The molecule has 0 amide bonds. The second-order valence-corrected chi connectivity index (χ2v) is 6.14. The van der Waals surface area contributed by atoms with Crippen LogP contribution in [0.25, 0.3) is 0 Å². The molecule has 0 bridgehead atoms. The second kappa shape index (κ2) is 7.13. The molecule has 1 N–H and O–H groups in total. The molecule has 0 saturated heterocycles. The van der Waals surface area contributed by atoms with E-state index >= 15 is 0 Å². The first-order valence-corrected chi connectivity index (χ1v) is 7.43. The van der Waals surface area contributed by atoms with Crippen LogP contribution in [0.15, 0.2) is 0 Å². The molecule has 1 fully saturated rings. The molecule has 3 nitrogen and oxygen atoms in total. The van der Waals surface area contributed by atoms with Crippen molar-refractivity contribution in [3.05, 3.63) is 0 Å². The fourth-order valence-electron chi connectivity index (χ4n) is 3.14. The smallest absolute Gasteiger partial charge is 0.317 e. The standard InChI is InChI=1S/C15H29NO2/c1-5-12(4)16(10-15(17)18)14-8-6-13(7-9-14)11(2)3/h11-14H,5-10H2,1-4H3,(H,17,18). The molecule has 1 rings (SSSR count). The number of hydrogen-bond donors (Lipinski definition) is 1. The van der Waals surface area contributed by atoms with Crippen LogP contribution in [0.3, 0.4) is 0 Å². The van der Waals surface area contributed by atoms with Gasteiger partial charge in [-0.25, -0.2) is 0 Å². The van der Waals surface area contributed by atoms with Gasteiger partial charge in [0.15, 0.2) is 0 Å². The molecule has 1 unspecified atom stereocenters. The predicted octanol–water partition coefficient (Wildman–Crippen LogP) is 3.39. The lowest BCUT2D eigenvalue weighted by atomic mass is 9.79. The molecule has 0 spiro atoms. The Balaban J connectivity index is 2.57. The Morgan fingerprint density at radius 1 is 1.22 bits per heavy atom. The van der Waals surface area contributed by atoms with E-state index in [1.807, 2.05) is 0 Å². The topological polar surface area (TPSA) is 40.5 Å². The Bertz CT molecular complexity index is 257. The first-order valence-electron chi connectivity index (χ1n) is 7.43. The van der Waals surface area contributed by atoms with Gasteiger partial charge in [0.1, 0.15) is 0 Å². The zero-order valence-corrected chi connectivity index (χ0v) is 12.4. The zero-order valence-electron chi connectivity index (χ0n) is 12.4. The molecule has 0 aromatic heterocycles. The molecule has 18 heavy (non-hydrogen) atoms. The summed E-state index contributed by atoms with van der Waals surface area (Å²) >= 11 is 0. The number of carboxylic acids is 1. The maximum Gasteiger partial charge on any atom is 0.317 e.